The maximum absolute atomic E-state index is 13.6. The minimum absolute atomic E-state index is 0.0439. The van der Waals surface area contributed by atoms with Crippen LogP contribution in [0.15, 0.2) is 84.9 Å². The summed E-state index contributed by atoms with van der Waals surface area (Å²) in [4.78, 5) is 28.3. The molecule has 5 atom stereocenters. The number of fused-ring (bicyclic) bond motifs is 1. The molecule has 1 fully saturated rings. The van der Waals surface area contributed by atoms with Crippen LogP contribution in [-0.4, -0.2) is 80.8 Å². The molecule has 2 heterocycles. The molecule has 2 N–H and O–H groups in total. The molecule has 0 spiro atoms. The van der Waals surface area contributed by atoms with Crippen LogP contribution in [0.5, 0.6) is 0 Å². The first-order chi connectivity index (χ1) is 21.5. The zero-order chi connectivity index (χ0) is 33.7. The highest BCUT2D eigenvalue weighted by Crippen LogP contribution is 2.42. The number of nitrogens with zero attached hydrogens (tertiary/aromatic N) is 1. The molecule has 10 heteroatoms. The van der Waals surface area contributed by atoms with Crippen LogP contribution in [0.3, 0.4) is 0 Å². The van der Waals surface area contributed by atoms with Crippen molar-refractivity contribution in [3.63, 3.8) is 0 Å². The van der Waals surface area contributed by atoms with E-state index in [0.717, 1.165) is 15.3 Å². The first-order valence-corrected chi connectivity index (χ1v) is 20.7. The lowest BCUT2D eigenvalue weighted by molar-refractivity contribution is -0.256. The zero-order valence-electron chi connectivity index (χ0n) is 28.1. The fraction of sp³-hybridized carbons (Fsp3) is 0.444. The van der Waals surface area contributed by atoms with Gasteiger partial charge in [0.15, 0.2) is 14.6 Å². The second kappa shape index (κ2) is 12.6. The summed E-state index contributed by atoms with van der Waals surface area (Å²) in [6.07, 6.45) is -5.20. The Balaban J connectivity index is 1.53. The Kier molecular flexibility index (Phi) is 9.39. The highest BCUT2D eigenvalue weighted by atomic mass is 28.4. The van der Waals surface area contributed by atoms with Crippen LogP contribution in [0.1, 0.15) is 62.3 Å². The van der Waals surface area contributed by atoms with Crippen molar-refractivity contribution in [3.05, 3.63) is 96.1 Å². The number of hydrogen-bond donors (Lipinski definition) is 2. The van der Waals surface area contributed by atoms with Gasteiger partial charge in [-0.1, -0.05) is 114 Å². The predicted molar refractivity (Wildman–Crippen MR) is 183 cm³/mol. The molecule has 8 nitrogen and oxygen atoms in total. The third-order valence-corrected chi connectivity index (χ3v) is 19.3. The molecule has 0 unspecified atom stereocenters. The van der Waals surface area contributed by atoms with E-state index in [1.54, 1.807) is 24.3 Å². The Morgan fingerprint density at radius 1 is 0.717 bits per heavy atom. The summed E-state index contributed by atoms with van der Waals surface area (Å²) in [5.41, 5.74) is 0.495. The van der Waals surface area contributed by atoms with Crippen LogP contribution in [0.4, 0.5) is 0 Å². The van der Waals surface area contributed by atoms with E-state index >= 15 is 0 Å². The number of imide groups is 1. The summed E-state index contributed by atoms with van der Waals surface area (Å²) in [5, 5.41) is 25.0. The first-order valence-electron chi connectivity index (χ1n) is 15.9. The summed E-state index contributed by atoms with van der Waals surface area (Å²) in [5.74, 6) is -1.10. The van der Waals surface area contributed by atoms with Gasteiger partial charge in [0.25, 0.3) is 20.1 Å². The van der Waals surface area contributed by atoms with Crippen LogP contribution < -0.4 is 10.4 Å². The van der Waals surface area contributed by atoms with Gasteiger partial charge in [-0.25, -0.2) is 0 Å². The van der Waals surface area contributed by atoms with Crippen LogP contribution in [0.25, 0.3) is 0 Å². The smallest absolute Gasteiger partial charge is 0.262 e. The number of aliphatic hydroxyl groups is 2. The van der Waals surface area contributed by atoms with E-state index in [4.69, 9.17) is 13.6 Å². The van der Waals surface area contributed by atoms with Gasteiger partial charge in [-0.2, -0.15) is 0 Å². The Morgan fingerprint density at radius 3 is 1.61 bits per heavy atom. The molecular formula is C36H47NO7Si2. The highest BCUT2D eigenvalue weighted by molar-refractivity contribution is 6.99. The van der Waals surface area contributed by atoms with E-state index in [-0.39, 0.29) is 27.8 Å². The number of hydrogen-bond acceptors (Lipinski definition) is 7. The largest absolute Gasteiger partial charge is 0.405 e. The van der Waals surface area contributed by atoms with E-state index in [2.05, 4.69) is 65.8 Å². The maximum atomic E-state index is 13.6. The summed E-state index contributed by atoms with van der Waals surface area (Å²) in [7, 11) is -5.60. The lowest BCUT2D eigenvalue weighted by Crippen LogP contribution is -2.70. The van der Waals surface area contributed by atoms with Crippen molar-refractivity contribution < 1.29 is 33.4 Å². The number of aliphatic hydroxyl groups excluding tert-OH is 2. The van der Waals surface area contributed by atoms with Gasteiger partial charge in [-0.3, -0.25) is 14.5 Å². The molecule has 2 amide bonds. The third kappa shape index (κ3) is 5.96. The summed E-state index contributed by atoms with van der Waals surface area (Å²) < 4.78 is 20.4. The van der Waals surface area contributed by atoms with Gasteiger partial charge in [0.05, 0.1) is 17.7 Å². The fourth-order valence-electron chi connectivity index (χ4n) is 6.34. The molecule has 2 aliphatic heterocycles. The number of benzene rings is 3. The van der Waals surface area contributed by atoms with Gasteiger partial charge in [0, 0.05) is 0 Å². The van der Waals surface area contributed by atoms with Gasteiger partial charge >= 0.3 is 0 Å². The number of amides is 2. The quantitative estimate of drug-likeness (QED) is 0.267. The number of ether oxygens (including phenoxy) is 1. The molecule has 0 aliphatic carbocycles. The van der Waals surface area contributed by atoms with E-state index in [1.807, 2.05) is 49.5 Å². The van der Waals surface area contributed by atoms with Crippen molar-refractivity contribution in [3.8, 4) is 0 Å². The second-order valence-electron chi connectivity index (χ2n) is 14.9. The van der Waals surface area contributed by atoms with E-state index in [9.17, 15) is 19.8 Å². The second-order valence-corrected chi connectivity index (χ2v) is 24.0. The molecule has 3 aromatic carbocycles. The lowest BCUT2D eigenvalue weighted by Gasteiger charge is -2.50. The van der Waals surface area contributed by atoms with E-state index < -0.39 is 59.1 Å². The molecule has 0 bridgehead atoms. The topological polar surface area (TPSA) is 106 Å². The SMILES string of the molecule is CC(C)(C)[Si](C)(C)O[C@@H]1O[C@H](CO[Si](c2ccccc2)(c2ccccc2)C(C)(C)C)[C@@H](O)[C@H](O)[C@H]1N1C(=O)c2ccccc2C1=O. The van der Waals surface area contributed by atoms with Crippen molar-refractivity contribution in [1.29, 1.82) is 0 Å². The predicted octanol–water partition coefficient (Wildman–Crippen LogP) is 4.70. The van der Waals surface area contributed by atoms with E-state index in [0.29, 0.717) is 0 Å². The van der Waals surface area contributed by atoms with Crippen LogP contribution in [-0.2, 0) is 13.6 Å². The molecule has 0 aromatic heterocycles. The van der Waals surface area contributed by atoms with Crippen LogP contribution in [0, 0.1) is 0 Å². The number of rotatable bonds is 8. The molecule has 0 radical (unpaired) electrons. The van der Waals surface area contributed by atoms with Gasteiger partial charge in [0.1, 0.15) is 24.4 Å². The normalized spacial score (nSPS) is 24.3. The summed E-state index contributed by atoms with van der Waals surface area (Å²) in [6, 6.07) is 25.6. The van der Waals surface area contributed by atoms with Gasteiger partial charge in [-0.15, -0.1) is 0 Å². The van der Waals surface area contributed by atoms with Crippen LogP contribution in [0.2, 0.25) is 23.2 Å². The average molecular weight is 662 g/mol. The van der Waals surface area contributed by atoms with Crippen molar-refractivity contribution >= 4 is 38.8 Å². The van der Waals surface area contributed by atoms with Crippen molar-refractivity contribution in [1.82, 2.24) is 4.90 Å². The molecular weight excluding hydrogens is 615 g/mol. The molecule has 1 saturated heterocycles. The number of carbonyl (C=O) groups excluding carboxylic acids is 2. The molecule has 3 aromatic rings. The van der Waals surface area contributed by atoms with Gasteiger partial charge in [0.2, 0.25) is 0 Å². The summed E-state index contributed by atoms with van der Waals surface area (Å²) in [6.45, 7) is 16.8. The maximum Gasteiger partial charge on any atom is 0.262 e. The zero-order valence-corrected chi connectivity index (χ0v) is 30.1. The minimum atomic E-state index is -3.01. The van der Waals surface area contributed by atoms with Crippen LogP contribution >= 0.6 is 0 Å². The Labute approximate surface area is 274 Å². The number of carbonyl (C=O) groups is 2. The van der Waals surface area contributed by atoms with Crippen molar-refractivity contribution in [2.24, 2.45) is 0 Å². The van der Waals surface area contributed by atoms with Gasteiger partial charge < -0.3 is 23.8 Å². The molecule has 2 aliphatic rings. The van der Waals surface area contributed by atoms with Gasteiger partial charge in [-0.05, 0) is 45.7 Å². The Bertz CT molecular complexity index is 1480. The van der Waals surface area contributed by atoms with Crippen molar-refractivity contribution in [2.75, 3.05) is 6.61 Å². The first kappa shape index (κ1) is 34.4. The average Bonchev–Trinajstić information content (AvgIpc) is 3.25. The molecule has 5 rings (SSSR count). The molecule has 0 saturated carbocycles. The lowest BCUT2D eigenvalue weighted by atomic mass is 9.96. The summed E-state index contributed by atoms with van der Waals surface area (Å²) >= 11 is 0. The molecule has 46 heavy (non-hydrogen) atoms. The molecule has 246 valence electrons. The Hall–Kier alpha value is -2.97. The highest BCUT2D eigenvalue weighted by Gasteiger charge is 2.57. The standard InChI is InChI=1S/C36H47NO7Si2/c1-35(2,3)45(7,8)44-34-29(37-32(40)26-21-15-16-22-27(26)33(37)41)31(39)30(38)28(43-34)23-42-46(36(4,5)6,24-17-11-9-12-18-24)25-19-13-10-14-20-25/h9-22,28-31,34,38-39H,23H2,1-8H3/t28-,29-,30-,31-,34+/m1/s1. The Morgan fingerprint density at radius 2 is 1.17 bits per heavy atom. The van der Waals surface area contributed by atoms with E-state index in [1.165, 1.54) is 0 Å². The third-order valence-electron chi connectivity index (χ3n) is 9.89. The minimum Gasteiger partial charge on any atom is -0.405 e. The fourth-order valence-corrected chi connectivity index (χ4v) is 12.0. The van der Waals surface area contributed by atoms with Crippen molar-refractivity contribution in [2.45, 2.75) is 95.4 Å². The monoisotopic (exact) mass is 661 g/mol.